The Hall–Kier alpha value is -1.74. The Morgan fingerprint density at radius 2 is 1.58 bits per heavy atom. The first-order valence-electron chi connectivity index (χ1n) is 6.51. The molecule has 2 rings (SSSR count). The van der Waals surface area contributed by atoms with Crippen molar-refractivity contribution in [3.8, 4) is 11.5 Å². The molecule has 0 unspecified atom stereocenters. The van der Waals surface area contributed by atoms with Gasteiger partial charge in [-0.1, -0.05) is 49.0 Å². The Bertz CT molecular complexity index is 506. The Morgan fingerprint density at radius 1 is 0.947 bits per heavy atom. The van der Waals surface area contributed by atoms with Crippen LogP contribution >= 0.6 is 0 Å². The van der Waals surface area contributed by atoms with Crippen LogP contribution in [0.3, 0.4) is 0 Å². The molecule has 2 nitrogen and oxygen atoms in total. The van der Waals surface area contributed by atoms with Crippen molar-refractivity contribution < 1.29 is 9.84 Å². The van der Waals surface area contributed by atoms with Gasteiger partial charge in [-0.05, 0) is 30.3 Å². The van der Waals surface area contributed by atoms with Crippen LogP contribution in [0.2, 0.25) is 13.1 Å². The molecule has 2 aromatic carbocycles. The van der Waals surface area contributed by atoms with E-state index in [-0.39, 0.29) is 5.75 Å². The van der Waals surface area contributed by atoms with Crippen LogP contribution in [-0.4, -0.2) is 19.4 Å². The van der Waals surface area contributed by atoms with Crippen LogP contribution in [0.5, 0.6) is 11.5 Å². The minimum atomic E-state index is -1.43. The molecule has 0 aliphatic heterocycles. The van der Waals surface area contributed by atoms with Crippen LogP contribution in [0.25, 0.3) is 0 Å². The number of phenols is 1. The number of rotatable bonds is 5. The van der Waals surface area contributed by atoms with E-state index in [1.54, 1.807) is 12.1 Å². The molecular formula is C16H20O2Si. The maximum absolute atomic E-state index is 9.23. The molecule has 0 bridgehead atoms. The van der Waals surface area contributed by atoms with E-state index in [0.29, 0.717) is 0 Å². The molecule has 0 spiro atoms. The molecule has 0 heterocycles. The number of phenolic OH excluding ortho intramolecular Hbond substituents is 1. The highest BCUT2D eigenvalue weighted by molar-refractivity contribution is 6.76. The Kier molecular flexibility index (Phi) is 4.27. The van der Waals surface area contributed by atoms with Gasteiger partial charge >= 0.3 is 0 Å². The van der Waals surface area contributed by atoms with Crippen molar-refractivity contribution >= 4 is 8.07 Å². The average molecular weight is 272 g/mol. The van der Waals surface area contributed by atoms with Crippen LogP contribution in [-0.2, 0) is 6.04 Å². The summed E-state index contributed by atoms with van der Waals surface area (Å²) in [4.78, 5) is 0. The first kappa shape index (κ1) is 13.7. The van der Waals surface area contributed by atoms with Crippen LogP contribution in [0.15, 0.2) is 54.6 Å². The van der Waals surface area contributed by atoms with Gasteiger partial charge in [0.05, 0.1) is 14.3 Å². The fraction of sp³-hybridized carbons (Fsp3) is 0.250. The second kappa shape index (κ2) is 5.93. The highest BCUT2D eigenvalue weighted by atomic mass is 28.3. The molecular weight excluding hydrogens is 252 g/mol. The minimum absolute atomic E-state index is 0.271. The van der Waals surface area contributed by atoms with Gasteiger partial charge in [-0.25, -0.2) is 0 Å². The molecule has 100 valence electrons. The van der Waals surface area contributed by atoms with Crippen molar-refractivity contribution in [1.82, 2.24) is 0 Å². The van der Waals surface area contributed by atoms with Gasteiger partial charge in [-0.3, -0.25) is 0 Å². The van der Waals surface area contributed by atoms with Crippen molar-refractivity contribution in [3.63, 3.8) is 0 Å². The van der Waals surface area contributed by atoms with Gasteiger partial charge in [-0.15, -0.1) is 0 Å². The summed E-state index contributed by atoms with van der Waals surface area (Å²) in [6, 6.07) is 18.6. The zero-order valence-electron chi connectivity index (χ0n) is 11.5. The van der Waals surface area contributed by atoms with Gasteiger partial charge in [0.15, 0.2) is 0 Å². The molecule has 0 aromatic heterocycles. The van der Waals surface area contributed by atoms with Gasteiger partial charge in [-0.2, -0.15) is 0 Å². The number of aromatic hydroxyl groups is 1. The van der Waals surface area contributed by atoms with Crippen LogP contribution in [0.4, 0.5) is 0 Å². The molecule has 1 N–H and O–H groups in total. The van der Waals surface area contributed by atoms with E-state index in [9.17, 15) is 5.11 Å². The summed E-state index contributed by atoms with van der Waals surface area (Å²) in [7, 11) is -1.43. The molecule has 0 aliphatic rings. The largest absolute Gasteiger partial charge is 0.508 e. The third-order valence-electron chi connectivity index (χ3n) is 2.99. The maximum Gasteiger partial charge on any atom is 0.119 e. The Labute approximate surface area is 115 Å². The van der Waals surface area contributed by atoms with Crippen molar-refractivity contribution in [2.75, 3.05) is 6.23 Å². The monoisotopic (exact) mass is 272 g/mol. The Morgan fingerprint density at radius 3 is 2.21 bits per heavy atom. The predicted molar refractivity (Wildman–Crippen MR) is 81.2 cm³/mol. The van der Waals surface area contributed by atoms with E-state index < -0.39 is 8.07 Å². The van der Waals surface area contributed by atoms with Crippen LogP contribution in [0, 0.1) is 0 Å². The number of hydrogen-bond acceptors (Lipinski definition) is 2. The molecule has 0 radical (unpaired) electrons. The second-order valence-electron chi connectivity index (χ2n) is 5.61. The van der Waals surface area contributed by atoms with Crippen molar-refractivity contribution in [3.05, 3.63) is 60.2 Å². The highest BCUT2D eigenvalue weighted by Gasteiger charge is 2.22. The van der Waals surface area contributed by atoms with Gasteiger partial charge < -0.3 is 9.84 Å². The lowest BCUT2D eigenvalue weighted by Crippen LogP contribution is -2.37. The topological polar surface area (TPSA) is 29.5 Å². The summed E-state index contributed by atoms with van der Waals surface area (Å²) in [5, 5.41) is 9.23. The minimum Gasteiger partial charge on any atom is -0.508 e. The van der Waals surface area contributed by atoms with E-state index in [2.05, 4.69) is 37.4 Å². The van der Waals surface area contributed by atoms with E-state index in [1.165, 1.54) is 5.56 Å². The third kappa shape index (κ3) is 4.45. The van der Waals surface area contributed by atoms with E-state index in [1.807, 2.05) is 18.2 Å². The van der Waals surface area contributed by atoms with Gasteiger partial charge in [0.2, 0.25) is 0 Å². The molecule has 0 amide bonds. The molecule has 0 saturated carbocycles. The van der Waals surface area contributed by atoms with E-state index in [4.69, 9.17) is 4.74 Å². The van der Waals surface area contributed by atoms with E-state index in [0.717, 1.165) is 18.0 Å². The fourth-order valence-corrected chi connectivity index (χ4v) is 4.02. The van der Waals surface area contributed by atoms with E-state index >= 15 is 0 Å². The Balaban J connectivity index is 1.92. The molecule has 2 aromatic rings. The quantitative estimate of drug-likeness (QED) is 0.839. The zero-order valence-corrected chi connectivity index (χ0v) is 12.5. The summed E-state index contributed by atoms with van der Waals surface area (Å²) in [5.74, 6) is 1.10. The number of benzene rings is 2. The number of hydrogen-bond donors (Lipinski definition) is 1. The third-order valence-corrected chi connectivity index (χ3v) is 5.28. The normalized spacial score (nSPS) is 11.3. The molecule has 0 aliphatic carbocycles. The molecule has 3 heteroatoms. The lowest BCUT2D eigenvalue weighted by molar-refractivity contribution is 0.375. The van der Waals surface area contributed by atoms with Crippen molar-refractivity contribution in [1.29, 1.82) is 0 Å². The SMILES string of the molecule is C[Si](C)(COc1ccc(O)cc1)Cc1ccccc1. The second-order valence-corrected chi connectivity index (χ2v) is 10.6. The summed E-state index contributed by atoms with van der Waals surface area (Å²) < 4.78 is 5.85. The van der Waals surface area contributed by atoms with Crippen molar-refractivity contribution in [2.24, 2.45) is 0 Å². The lowest BCUT2D eigenvalue weighted by atomic mass is 10.2. The zero-order chi connectivity index (χ0) is 13.7. The van der Waals surface area contributed by atoms with Crippen LogP contribution in [0.1, 0.15) is 5.56 Å². The van der Waals surface area contributed by atoms with Crippen molar-refractivity contribution in [2.45, 2.75) is 19.1 Å². The van der Waals surface area contributed by atoms with Crippen LogP contribution < -0.4 is 4.74 Å². The molecule has 0 saturated heterocycles. The maximum atomic E-state index is 9.23. The number of ether oxygens (including phenoxy) is 1. The molecule has 19 heavy (non-hydrogen) atoms. The van der Waals surface area contributed by atoms with Gasteiger partial charge in [0, 0.05) is 0 Å². The summed E-state index contributed by atoms with van der Waals surface area (Å²) in [5.41, 5.74) is 1.38. The molecule has 0 atom stereocenters. The average Bonchev–Trinajstić information content (AvgIpc) is 2.39. The highest BCUT2D eigenvalue weighted by Crippen LogP contribution is 2.18. The lowest BCUT2D eigenvalue weighted by Gasteiger charge is -2.22. The smallest absolute Gasteiger partial charge is 0.119 e. The van der Waals surface area contributed by atoms with Gasteiger partial charge in [0.25, 0.3) is 0 Å². The summed E-state index contributed by atoms with van der Waals surface area (Å²) in [6.45, 7) is 4.67. The summed E-state index contributed by atoms with van der Waals surface area (Å²) >= 11 is 0. The molecule has 0 fully saturated rings. The summed E-state index contributed by atoms with van der Waals surface area (Å²) in [6.07, 6.45) is 0.784. The first-order valence-corrected chi connectivity index (χ1v) is 9.92. The fourth-order valence-electron chi connectivity index (χ4n) is 2.02. The standard InChI is InChI=1S/C16H20O2Si/c1-19(2,12-14-6-4-3-5-7-14)13-18-16-10-8-15(17)9-11-16/h3-11,17H,12-13H2,1-2H3. The first-order chi connectivity index (χ1) is 9.05. The van der Waals surface area contributed by atoms with Gasteiger partial charge in [0.1, 0.15) is 11.5 Å². The predicted octanol–water partition coefficient (Wildman–Crippen LogP) is 3.80.